The Morgan fingerprint density at radius 3 is 2.62 bits per heavy atom. The van der Waals surface area contributed by atoms with Crippen LogP contribution < -0.4 is 5.73 Å². The van der Waals surface area contributed by atoms with Crippen molar-refractivity contribution in [1.82, 2.24) is 4.90 Å². The number of carbonyl (C=O) groups is 2. The molecule has 0 unspecified atom stereocenters. The Labute approximate surface area is 106 Å². The molecule has 1 rings (SSSR count). The second-order valence-corrected chi connectivity index (χ2v) is 4.52. The zero-order chi connectivity index (χ0) is 12.3. The average Bonchev–Trinajstić information content (AvgIpc) is 2.20. The molecule has 16 heavy (non-hydrogen) atoms. The summed E-state index contributed by atoms with van der Waals surface area (Å²) in [5.41, 5.74) is 5.41. The van der Waals surface area contributed by atoms with Crippen molar-refractivity contribution < 1.29 is 9.59 Å². The van der Waals surface area contributed by atoms with Crippen LogP contribution in [0, 0.1) is 0 Å². The Hall–Kier alpha value is -1.07. The van der Waals surface area contributed by atoms with E-state index in [0.717, 1.165) is 0 Å². The number of nitrogens with zero attached hydrogens (tertiary/aromatic N) is 1. The lowest BCUT2D eigenvalue weighted by Crippen LogP contribution is -2.35. The standard InChI is InChI=1S/C10H10BrClN2O2/c1-14(5-9(13)15)10(16)6-2-3-7(11)8(12)4-6/h2-4H,5H2,1H3,(H2,13,15). The van der Waals surface area contributed by atoms with Crippen LogP contribution in [0.2, 0.25) is 5.02 Å². The fourth-order valence-electron chi connectivity index (χ4n) is 1.16. The number of likely N-dealkylation sites (N-methyl/N-ethyl adjacent to an activating group) is 1. The first-order chi connectivity index (χ1) is 7.41. The van der Waals surface area contributed by atoms with Crippen molar-refractivity contribution in [3.05, 3.63) is 33.3 Å². The van der Waals surface area contributed by atoms with Crippen LogP contribution in [0.1, 0.15) is 10.4 Å². The van der Waals surface area contributed by atoms with Gasteiger partial charge < -0.3 is 10.6 Å². The van der Waals surface area contributed by atoms with E-state index < -0.39 is 5.91 Å². The van der Waals surface area contributed by atoms with E-state index in [0.29, 0.717) is 15.1 Å². The lowest BCUT2D eigenvalue weighted by atomic mass is 10.2. The Balaban J connectivity index is 2.88. The summed E-state index contributed by atoms with van der Waals surface area (Å²) in [5.74, 6) is -0.854. The maximum atomic E-state index is 11.8. The fourth-order valence-corrected chi connectivity index (χ4v) is 1.58. The Bertz CT molecular complexity index is 437. The molecule has 4 nitrogen and oxygen atoms in total. The zero-order valence-electron chi connectivity index (χ0n) is 8.54. The van der Waals surface area contributed by atoms with E-state index in [9.17, 15) is 9.59 Å². The van der Waals surface area contributed by atoms with Crippen LogP contribution in [0.3, 0.4) is 0 Å². The molecule has 1 aromatic rings. The van der Waals surface area contributed by atoms with Gasteiger partial charge in [-0.15, -0.1) is 0 Å². The number of carbonyl (C=O) groups excluding carboxylic acids is 2. The molecular weight excluding hydrogens is 295 g/mol. The molecule has 1 aromatic carbocycles. The summed E-state index contributed by atoms with van der Waals surface area (Å²) in [5, 5.41) is 0.443. The van der Waals surface area contributed by atoms with Crippen LogP contribution in [-0.4, -0.2) is 30.3 Å². The molecule has 0 atom stereocenters. The van der Waals surface area contributed by atoms with Gasteiger partial charge >= 0.3 is 0 Å². The van der Waals surface area contributed by atoms with Crippen molar-refractivity contribution in [2.45, 2.75) is 0 Å². The summed E-state index contributed by atoms with van der Waals surface area (Å²) in [7, 11) is 1.50. The van der Waals surface area contributed by atoms with E-state index >= 15 is 0 Å². The van der Waals surface area contributed by atoms with Crippen LogP contribution in [0.4, 0.5) is 0 Å². The Kier molecular flexibility index (Phi) is 4.32. The molecule has 2 amide bonds. The van der Waals surface area contributed by atoms with Gasteiger partial charge in [0.1, 0.15) is 0 Å². The number of rotatable bonds is 3. The molecule has 0 radical (unpaired) electrons. The highest BCUT2D eigenvalue weighted by Gasteiger charge is 2.14. The number of hydrogen-bond donors (Lipinski definition) is 1. The van der Waals surface area contributed by atoms with E-state index in [1.54, 1.807) is 12.1 Å². The fraction of sp³-hybridized carbons (Fsp3) is 0.200. The number of nitrogens with two attached hydrogens (primary N) is 1. The molecule has 0 heterocycles. The molecule has 0 aliphatic rings. The smallest absolute Gasteiger partial charge is 0.254 e. The third-order valence-corrected chi connectivity index (χ3v) is 3.14. The third kappa shape index (κ3) is 3.21. The molecule has 0 aliphatic carbocycles. The van der Waals surface area contributed by atoms with E-state index in [2.05, 4.69) is 15.9 Å². The molecular formula is C10H10BrClN2O2. The normalized spacial score (nSPS) is 9.94. The van der Waals surface area contributed by atoms with Gasteiger partial charge in [-0.2, -0.15) is 0 Å². The predicted octanol–water partition coefficient (Wildman–Crippen LogP) is 1.66. The van der Waals surface area contributed by atoms with Gasteiger partial charge in [-0.25, -0.2) is 0 Å². The number of benzene rings is 1. The predicted molar refractivity (Wildman–Crippen MR) is 65.3 cm³/mol. The summed E-state index contributed by atoms with van der Waals surface area (Å²) in [4.78, 5) is 23.7. The Morgan fingerprint density at radius 1 is 1.50 bits per heavy atom. The monoisotopic (exact) mass is 304 g/mol. The number of primary amides is 1. The number of halogens is 2. The third-order valence-electron chi connectivity index (χ3n) is 1.91. The molecule has 0 fully saturated rings. The largest absolute Gasteiger partial charge is 0.368 e. The second kappa shape index (κ2) is 5.32. The van der Waals surface area contributed by atoms with Crippen molar-refractivity contribution in [1.29, 1.82) is 0 Å². The van der Waals surface area contributed by atoms with Gasteiger partial charge in [-0.3, -0.25) is 9.59 Å². The van der Waals surface area contributed by atoms with Crippen molar-refractivity contribution >= 4 is 39.3 Å². The lowest BCUT2D eigenvalue weighted by Gasteiger charge is -2.15. The first kappa shape index (κ1) is 13.0. The average molecular weight is 306 g/mol. The van der Waals surface area contributed by atoms with Crippen molar-refractivity contribution in [2.24, 2.45) is 5.73 Å². The summed E-state index contributed by atoms with van der Waals surface area (Å²) in [6.07, 6.45) is 0. The molecule has 0 saturated heterocycles. The van der Waals surface area contributed by atoms with Crippen LogP contribution in [0.25, 0.3) is 0 Å². The summed E-state index contributed by atoms with van der Waals surface area (Å²) < 4.78 is 0.711. The first-order valence-corrected chi connectivity index (χ1v) is 5.57. The number of hydrogen-bond acceptors (Lipinski definition) is 2. The SMILES string of the molecule is CN(CC(N)=O)C(=O)c1ccc(Br)c(Cl)c1. The van der Waals surface area contributed by atoms with Crippen molar-refractivity contribution in [3.8, 4) is 0 Å². The van der Waals surface area contributed by atoms with E-state index in [1.807, 2.05) is 0 Å². The van der Waals surface area contributed by atoms with Crippen LogP contribution in [-0.2, 0) is 4.79 Å². The highest BCUT2D eigenvalue weighted by Crippen LogP contribution is 2.23. The highest BCUT2D eigenvalue weighted by atomic mass is 79.9. The molecule has 0 saturated carbocycles. The van der Waals surface area contributed by atoms with Crippen LogP contribution in [0.15, 0.2) is 22.7 Å². The van der Waals surface area contributed by atoms with Gasteiger partial charge in [0.2, 0.25) is 5.91 Å². The van der Waals surface area contributed by atoms with Crippen molar-refractivity contribution in [3.63, 3.8) is 0 Å². The van der Waals surface area contributed by atoms with Crippen LogP contribution in [0.5, 0.6) is 0 Å². The maximum absolute atomic E-state index is 11.8. The van der Waals surface area contributed by atoms with Gasteiger partial charge in [0.15, 0.2) is 0 Å². The minimum absolute atomic E-state index is 0.119. The van der Waals surface area contributed by atoms with Crippen molar-refractivity contribution in [2.75, 3.05) is 13.6 Å². The number of amides is 2. The minimum Gasteiger partial charge on any atom is -0.368 e. The zero-order valence-corrected chi connectivity index (χ0v) is 10.9. The topological polar surface area (TPSA) is 63.4 Å². The molecule has 0 bridgehead atoms. The molecule has 0 spiro atoms. The molecule has 6 heteroatoms. The van der Waals surface area contributed by atoms with Gasteiger partial charge in [0.05, 0.1) is 11.6 Å². The summed E-state index contributed by atoms with van der Waals surface area (Å²) >= 11 is 9.08. The van der Waals surface area contributed by atoms with E-state index in [4.69, 9.17) is 17.3 Å². The molecule has 0 aromatic heterocycles. The Morgan fingerprint density at radius 2 is 2.12 bits per heavy atom. The maximum Gasteiger partial charge on any atom is 0.254 e. The van der Waals surface area contributed by atoms with E-state index in [-0.39, 0.29) is 12.5 Å². The molecule has 86 valence electrons. The molecule has 0 aliphatic heterocycles. The van der Waals surface area contributed by atoms with Gasteiger partial charge in [-0.05, 0) is 34.1 Å². The summed E-state index contributed by atoms with van der Waals surface area (Å²) in [6, 6.07) is 4.83. The van der Waals surface area contributed by atoms with Gasteiger partial charge in [-0.1, -0.05) is 11.6 Å². The van der Waals surface area contributed by atoms with Gasteiger partial charge in [0, 0.05) is 17.1 Å². The van der Waals surface area contributed by atoms with Crippen LogP contribution >= 0.6 is 27.5 Å². The highest BCUT2D eigenvalue weighted by molar-refractivity contribution is 9.10. The summed E-state index contributed by atoms with van der Waals surface area (Å²) in [6.45, 7) is -0.119. The second-order valence-electron chi connectivity index (χ2n) is 3.26. The van der Waals surface area contributed by atoms with E-state index in [1.165, 1.54) is 18.0 Å². The lowest BCUT2D eigenvalue weighted by molar-refractivity contribution is -0.118. The minimum atomic E-state index is -0.556. The first-order valence-electron chi connectivity index (χ1n) is 4.40. The quantitative estimate of drug-likeness (QED) is 0.923. The molecule has 2 N–H and O–H groups in total. The van der Waals surface area contributed by atoms with Gasteiger partial charge in [0.25, 0.3) is 5.91 Å².